The van der Waals surface area contributed by atoms with Gasteiger partial charge in [-0.2, -0.15) is 0 Å². The first-order chi connectivity index (χ1) is 11.9. The summed E-state index contributed by atoms with van der Waals surface area (Å²) < 4.78 is 11.7. The third-order valence-corrected chi connectivity index (χ3v) is 5.17. The SMILES string of the molecule is CCC(C)NC(=NCC(=O)N(C)C)N1CCCC(C2(C)OCCO2)C1.I. The second-order valence-corrected chi connectivity index (χ2v) is 7.38. The van der Waals surface area contributed by atoms with Gasteiger partial charge in [-0.3, -0.25) is 4.79 Å². The number of nitrogens with one attached hydrogen (secondary N) is 1. The van der Waals surface area contributed by atoms with Crippen molar-refractivity contribution in [3.8, 4) is 0 Å². The molecule has 2 saturated heterocycles. The normalized spacial score (nSPS) is 24.0. The lowest BCUT2D eigenvalue weighted by Gasteiger charge is -2.41. The molecule has 2 heterocycles. The Hall–Kier alpha value is -0.610. The first-order valence-corrected chi connectivity index (χ1v) is 9.39. The molecule has 0 aliphatic carbocycles. The van der Waals surface area contributed by atoms with Crippen molar-refractivity contribution in [1.29, 1.82) is 0 Å². The minimum absolute atomic E-state index is 0. The lowest BCUT2D eigenvalue weighted by Crippen LogP contribution is -2.53. The molecule has 2 rings (SSSR count). The molecule has 0 bridgehead atoms. The van der Waals surface area contributed by atoms with E-state index >= 15 is 0 Å². The van der Waals surface area contributed by atoms with Crippen LogP contribution in [0.1, 0.15) is 40.0 Å². The maximum Gasteiger partial charge on any atom is 0.243 e. The van der Waals surface area contributed by atoms with Crippen molar-refractivity contribution in [2.24, 2.45) is 10.9 Å². The number of amides is 1. The predicted molar refractivity (Wildman–Crippen MR) is 114 cm³/mol. The molecule has 0 saturated carbocycles. The maximum absolute atomic E-state index is 11.9. The fraction of sp³-hybridized carbons (Fsp3) is 0.889. The molecular weight excluding hydrogens is 447 g/mol. The third-order valence-electron chi connectivity index (χ3n) is 5.17. The van der Waals surface area contributed by atoms with Crippen LogP contribution in [0.15, 0.2) is 4.99 Å². The van der Waals surface area contributed by atoms with E-state index in [1.165, 1.54) is 0 Å². The van der Waals surface area contributed by atoms with Crippen LogP contribution < -0.4 is 5.32 Å². The number of rotatable bonds is 5. The summed E-state index contributed by atoms with van der Waals surface area (Å²) in [5.74, 6) is 0.624. The van der Waals surface area contributed by atoms with Crippen LogP contribution in [0.4, 0.5) is 0 Å². The summed E-state index contributed by atoms with van der Waals surface area (Å²) in [6.07, 6.45) is 3.15. The standard InChI is InChI=1S/C18H34N4O3.HI/c1-6-14(2)20-17(19-12-16(23)21(4)5)22-9-7-8-15(13-22)18(3)24-10-11-25-18;/h14-15H,6-13H2,1-5H3,(H,19,20);1H. The van der Waals surface area contributed by atoms with Crippen molar-refractivity contribution in [2.75, 3.05) is 46.9 Å². The van der Waals surface area contributed by atoms with E-state index in [4.69, 9.17) is 9.47 Å². The van der Waals surface area contributed by atoms with Crippen LogP contribution in [-0.2, 0) is 14.3 Å². The molecule has 0 aromatic rings. The molecule has 0 radical (unpaired) electrons. The minimum Gasteiger partial charge on any atom is -0.354 e. The molecule has 2 aliphatic rings. The molecule has 0 spiro atoms. The molecule has 1 N–H and O–H groups in total. The predicted octanol–water partition coefficient (Wildman–Crippen LogP) is 1.91. The largest absolute Gasteiger partial charge is 0.354 e. The lowest BCUT2D eigenvalue weighted by atomic mass is 9.90. The highest BCUT2D eigenvalue weighted by Gasteiger charge is 2.42. The molecule has 7 nitrogen and oxygen atoms in total. The van der Waals surface area contributed by atoms with E-state index in [0.29, 0.717) is 25.2 Å². The molecule has 1 amide bonds. The van der Waals surface area contributed by atoms with Gasteiger partial charge in [-0.25, -0.2) is 4.99 Å². The number of likely N-dealkylation sites (N-methyl/N-ethyl adjacent to an activating group) is 1. The molecule has 26 heavy (non-hydrogen) atoms. The lowest BCUT2D eigenvalue weighted by molar-refractivity contribution is -0.189. The Balaban J connectivity index is 0.00000338. The minimum atomic E-state index is -0.500. The van der Waals surface area contributed by atoms with Gasteiger partial charge in [-0.05, 0) is 33.1 Å². The Morgan fingerprint density at radius 3 is 2.62 bits per heavy atom. The van der Waals surface area contributed by atoms with Crippen LogP contribution in [0.2, 0.25) is 0 Å². The van der Waals surface area contributed by atoms with E-state index in [0.717, 1.165) is 38.3 Å². The van der Waals surface area contributed by atoms with Crippen molar-refractivity contribution in [2.45, 2.75) is 51.9 Å². The van der Waals surface area contributed by atoms with Gasteiger partial charge in [-0.15, -0.1) is 24.0 Å². The summed E-state index contributed by atoms with van der Waals surface area (Å²) in [6, 6.07) is 0.308. The summed E-state index contributed by atoms with van der Waals surface area (Å²) >= 11 is 0. The van der Waals surface area contributed by atoms with Gasteiger partial charge in [0.2, 0.25) is 5.91 Å². The fourth-order valence-electron chi connectivity index (χ4n) is 3.21. The Morgan fingerprint density at radius 1 is 1.38 bits per heavy atom. The van der Waals surface area contributed by atoms with Crippen molar-refractivity contribution < 1.29 is 14.3 Å². The van der Waals surface area contributed by atoms with Crippen LogP contribution in [0.5, 0.6) is 0 Å². The Morgan fingerprint density at radius 2 is 2.04 bits per heavy atom. The van der Waals surface area contributed by atoms with Crippen molar-refractivity contribution in [1.82, 2.24) is 15.1 Å². The quantitative estimate of drug-likeness (QED) is 0.369. The number of hydrogen-bond acceptors (Lipinski definition) is 4. The van der Waals surface area contributed by atoms with E-state index in [-0.39, 0.29) is 36.4 Å². The van der Waals surface area contributed by atoms with Gasteiger partial charge >= 0.3 is 0 Å². The van der Waals surface area contributed by atoms with Crippen LogP contribution >= 0.6 is 24.0 Å². The average molecular weight is 482 g/mol. The zero-order chi connectivity index (χ0) is 18.4. The average Bonchev–Trinajstić information content (AvgIpc) is 3.06. The van der Waals surface area contributed by atoms with E-state index < -0.39 is 5.79 Å². The molecule has 2 aliphatic heterocycles. The number of ether oxygens (including phenoxy) is 2. The van der Waals surface area contributed by atoms with Gasteiger partial charge in [0, 0.05) is 39.1 Å². The number of aliphatic imine (C=N–C) groups is 1. The van der Waals surface area contributed by atoms with Crippen LogP contribution in [0.3, 0.4) is 0 Å². The number of halogens is 1. The molecule has 8 heteroatoms. The van der Waals surface area contributed by atoms with Gasteiger partial charge in [-0.1, -0.05) is 6.92 Å². The van der Waals surface area contributed by atoms with Crippen LogP contribution in [0, 0.1) is 5.92 Å². The summed E-state index contributed by atoms with van der Waals surface area (Å²) in [5.41, 5.74) is 0. The zero-order valence-corrected chi connectivity index (χ0v) is 19.1. The highest BCUT2D eigenvalue weighted by molar-refractivity contribution is 14.0. The van der Waals surface area contributed by atoms with Gasteiger partial charge in [0.05, 0.1) is 13.2 Å². The van der Waals surface area contributed by atoms with Crippen molar-refractivity contribution >= 4 is 35.8 Å². The number of likely N-dealkylation sites (tertiary alicyclic amines) is 1. The number of nitrogens with zero attached hydrogens (tertiary/aromatic N) is 3. The van der Waals surface area contributed by atoms with Crippen LogP contribution in [-0.4, -0.2) is 80.4 Å². The second-order valence-electron chi connectivity index (χ2n) is 7.38. The Labute approximate surface area is 174 Å². The second kappa shape index (κ2) is 10.7. The smallest absolute Gasteiger partial charge is 0.243 e. The van der Waals surface area contributed by atoms with Crippen molar-refractivity contribution in [3.63, 3.8) is 0 Å². The summed E-state index contributed by atoms with van der Waals surface area (Å²) in [5, 5.41) is 3.48. The summed E-state index contributed by atoms with van der Waals surface area (Å²) in [6.45, 7) is 9.57. The number of piperidine rings is 1. The molecule has 2 unspecified atom stereocenters. The van der Waals surface area contributed by atoms with Gasteiger partial charge in [0.15, 0.2) is 11.7 Å². The molecule has 152 valence electrons. The zero-order valence-electron chi connectivity index (χ0n) is 16.8. The summed E-state index contributed by atoms with van der Waals surface area (Å²) in [7, 11) is 3.51. The monoisotopic (exact) mass is 482 g/mol. The van der Waals surface area contributed by atoms with E-state index in [1.54, 1.807) is 19.0 Å². The highest BCUT2D eigenvalue weighted by atomic mass is 127. The number of hydrogen-bond donors (Lipinski definition) is 1. The van der Waals surface area contributed by atoms with Crippen molar-refractivity contribution in [3.05, 3.63) is 0 Å². The number of carbonyl (C=O) groups is 1. The molecule has 2 fully saturated rings. The van der Waals surface area contributed by atoms with E-state index in [9.17, 15) is 4.79 Å². The number of guanidine groups is 1. The topological polar surface area (TPSA) is 66.4 Å². The fourth-order valence-corrected chi connectivity index (χ4v) is 3.21. The summed E-state index contributed by atoms with van der Waals surface area (Å²) in [4.78, 5) is 20.4. The molecule has 0 aromatic heterocycles. The first-order valence-electron chi connectivity index (χ1n) is 9.39. The molecular formula is C18H35IN4O3. The van der Waals surface area contributed by atoms with E-state index in [1.807, 2.05) is 6.92 Å². The van der Waals surface area contributed by atoms with Crippen LogP contribution in [0.25, 0.3) is 0 Å². The Kier molecular flexibility index (Phi) is 9.60. The number of carbonyl (C=O) groups excluding carboxylic acids is 1. The van der Waals surface area contributed by atoms with E-state index in [2.05, 4.69) is 29.1 Å². The third kappa shape index (κ3) is 6.23. The first kappa shape index (κ1) is 23.4. The molecule has 2 atom stereocenters. The Bertz CT molecular complexity index is 481. The van der Waals surface area contributed by atoms with Gasteiger partial charge in [0.1, 0.15) is 6.54 Å². The van der Waals surface area contributed by atoms with Gasteiger partial charge < -0.3 is 24.6 Å². The maximum atomic E-state index is 11.9. The van der Waals surface area contributed by atoms with Gasteiger partial charge in [0.25, 0.3) is 0 Å². The molecule has 0 aromatic carbocycles. The highest BCUT2D eigenvalue weighted by Crippen LogP contribution is 2.34.